The fourth-order valence-electron chi connectivity index (χ4n) is 8.30. The molecule has 0 unspecified atom stereocenters. The van der Waals surface area contributed by atoms with E-state index in [4.69, 9.17) is 21.9 Å². The summed E-state index contributed by atoms with van der Waals surface area (Å²) < 4.78 is 33.6. The van der Waals surface area contributed by atoms with Crippen molar-refractivity contribution >= 4 is 44.9 Å². The summed E-state index contributed by atoms with van der Waals surface area (Å²) in [6, 6.07) is 21.1. The van der Waals surface area contributed by atoms with Gasteiger partial charge < -0.3 is 41.5 Å². The topological polar surface area (TPSA) is 198 Å². The lowest BCUT2D eigenvalue weighted by Crippen LogP contribution is -2.45. The van der Waals surface area contributed by atoms with Gasteiger partial charge in [0.05, 0.1) is 23.7 Å². The van der Waals surface area contributed by atoms with Gasteiger partial charge in [0, 0.05) is 86.0 Å². The zero-order chi connectivity index (χ0) is 41.1. The lowest BCUT2D eigenvalue weighted by Gasteiger charge is -2.35. The molecule has 310 valence electrons. The normalized spacial score (nSPS) is 16.5. The number of hydrogen-bond acceptors (Lipinski definition) is 14. The van der Waals surface area contributed by atoms with Crippen LogP contribution >= 0.6 is 0 Å². The first-order chi connectivity index (χ1) is 28.5. The van der Waals surface area contributed by atoms with E-state index in [0.29, 0.717) is 24.7 Å². The van der Waals surface area contributed by atoms with Gasteiger partial charge in [-0.05, 0) is 93.7 Å². The van der Waals surface area contributed by atoms with Crippen molar-refractivity contribution in [3.05, 3.63) is 89.0 Å². The molecule has 7 N–H and O–H groups in total. The van der Waals surface area contributed by atoms with Crippen LogP contribution in [0.2, 0.25) is 0 Å². The Bertz CT molecular complexity index is 2400. The maximum absolute atomic E-state index is 12.7. The first kappa shape index (κ1) is 40.1. The first-order valence-corrected chi connectivity index (χ1v) is 22.0. The third-order valence-electron chi connectivity index (χ3n) is 11.5. The Hall–Kier alpha value is -5.71. The number of benzene rings is 3. The van der Waals surface area contributed by atoms with Crippen LogP contribution in [0.3, 0.4) is 0 Å². The van der Waals surface area contributed by atoms with Gasteiger partial charge in [0.1, 0.15) is 17.4 Å². The van der Waals surface area contributed by atoms with Crippen LogP contribution in [-0.4, -0.2) is 117 Å². The predicted molar refractivity (Wildman–Crippen MR) is 236 cm³/mol. The van der Waals surface area contributed by atoms with E-state index in [1.54, 1.807) is 6.07 Å². The molecule has 2 saturated heterocycles. The van der Waals surface area contributed by atoms with Crippen molar-refractivity contribution < 1.29 is 13.2 Å². The second-order valence-electron chi connectivity index (χ2n) is 15.8. The lowest BCUT2D eigenvalue weighted by atomic mass is 9.88. The number of fused-ring (bicyclic) bond motifs is 6. The van der Waals surface area contributed by atoms with Crippen LogP contribution in [0.4, 0.5) is 34.9 Å². The second kappa shape index (κ2) is 17.3. The number of aryl methyl sites for hydroxylation is 2. The highest BCUT2D eigenvalue weighted by Gasteiger charge is 2.28. The van der Waals surface area contributed by atoms with Gasteiger partial charge in [-0.2, -0.15) is 9.97 Å². The average molecular weight is 819 g/mol. The third kappa shape index (κ3) is 9.29. The Morgan fingerprint density at radius 2 is 1.17 bits per heavy atom. The summed E-state index contributed by atoms with van der Waals surface area (Å²) in [5, 5.41) is 0. The van der Waals surface area contributed by atoms with Gasteiger partial charge in [-0.3, -0.25) is 4.72 Å². The minimum atomic E-state index is -3.49. The Morgan fingerprint density at radius 1 is 0.644 bits per heavy atom. The van der Waals surface area contributed by atoms with E-state index in [1.165, 1.54) is 11.1 Å². The number of nitrogen functional groups attached to an aromatic ring is 3. The number of hydrogen-bond donors (Lipinski definition) is 4. The number of rotatable bonds is 9. The van der Waals surface area contributed by atoms with Crippen LogP contribution in [0, 0.1) is 0 Å². The van der Waals surface area contributed by atoms with Crippen molar-refractivity contribution in [2.45, 2.75) is 32.1 Å². The molecule has 0 saturated carbocycles. The number of nitrogens with zero attached hydrogens (tertiary/aromatic N) is 8. The van der Waals surface area contributed by atoms with E-state index in [0.717, 1.165) is 135 Å². The van der Waals surface area contributed by atoms with Crippen molar-refractivity contribution in [2.75, 3.05) is 111 Å². The Morgan fingerprint density at radius 3 is 1.73 bits per heavy atom. The number of ether oxygens (including phenoxy) is 1. The molecule has 59 heavy (non-hydrogen) atoms. The summed E-state index contributed by atoms with van der Waals surface area (Å²) in [5.41, 5.74) is 28.0. The summed E-state index contributed by atoms with van der Waals surface area (Å²) in [7, 11) is 0.786. The van der Waals surface area contributed by atoms with Crippen molar-refractivity contribution in [1.82, 2.24) is 29.7 Å². The van der Waals surface area contributed by atoms with Crippen LogP contribution in [-0.2, 0) is 35.7 Å². The minimum Gasteiger partial charge on any atom is -0.494 e. The number of para-hydroxylation sites is 1. The Kier molecular flexibility index (Phi) is 11.7. The van der Waals surface area contributed by atoms with E-state index in [1.807, 2.05) is 54.6 Å². The fourth-order valence-corrected chi connectivity index (χ4v) is 9.38. The number of sulfonamides is 1. The van der Waals surface area contributed by atoms with Crippen molar-refractivity contribution in [3.8, 4) is 28.3 Å². The molecule has 16 heteroatoms. The van der Waals surface area contributed by atoms with Crippen molar-refractivity contribution in [3.63, 3.8) is 0 Å². The number of nitrogens with two attached hydrogens (primary N) is 3. The van der Waals surface area contributed by atoms with Gasteiger partial charge in [-0.25, -0.2) is 18.4 Å². The van der Waals surface area contributed by atoms with E-state index >= 15 is 0 Å². The zero-order valence-electron chi connectivity index (χ0n) is 33.9. The molecule has 2 fully saturated rings. The highest BCUT2D eigenvalue weighted by Crippen LogP contribution is 2.39. The van der Waals surface area contributed by atoms with Gasteiger partial charge in [-0.1, -0.05) is 30.3 Å². The quantitative estimate of drug-likeness (QED) is 0.123. The van der Waals surface area contributed by atoms with Crippen LogP contribution in [0.5, 0.6) is 5.75 Å². The predicted octanol–water partition coefficient (Wildman–Crippen LogP) is 3.95. The molecular weight excluding hydrogens is 765 g/mol. The van der Waals surface area contributed by atoms with E-state index in [9.17, 15) is 8.42 Å². The minimum absolute atomic E-state index is 0.0160. The van der Waals surface area contributed by atoms with E-state index in [2.05, 4.69) is 64.4 Å². The highest BCUT2D eigenvalue weighted by molar-refractivity contribution is 7.92. The van der Waals surface area contributed by atoms with Crippen LogP contribution < -0.4 is 36.5 Å². The number of piperazine rings is 2. The number of anilines is 6. The SMILES string of the molecule is CN1CCN(c2nc(N)nc3c2CCc2cc(N)ccc2-3)CC1.CN1CCN(c2nc(N)nc3c2CCc2cc(NS(=O)(=O)CCCOc4ccccc4)ccc2-3)CC1. The average Bonchev–Trinajstić information content (AvgIpc) is 3.22. The molecular formula is C43H54N12O3S. The standard InChI is InChI=1S/C26H32N6O3S.C17H22N6/c1-31-12-14-32(15-13-31)25-23-10-8-19-18-20(9-11-22(19)24(23)28-26(27)29-25)30-36(33,34)17-5-16-35-21-6-3-2-4-7-21;1-22-6-8-23(9-7-22)16-14-4-2-11-10-12(18)3-5-13(11)15(14)20-17(19)21-16/h2-4,6-7,9,11,18,30H,5,8,10,12-17H2,1H3,(H2,27,28,29);3,5,10H,2,4,6-9,18H2,1H3,(H2,19,20,21). The molecule has 2 aliphatic carbocycles. The molecule has 15 nitrogen and oxygen atoms in total. The summed E-state index contributed by atoms with van der Waals surface area (Å²) >= 11 is 0. The molecule has 0 bridgehead atoms. The van der Waals surface area contributed by atoms with Crippen LogP contribution in [0.1, 0.15) is 28.7 Å². The van der Waals surface area contributed by atoms with E-state index < -0.39 is 10.0 Å². The summed E-state index contributed by atoms with van der Waals surface area (Å²) in [5.74, 6) is 3.28. The van der Waals surface area contributed by atoms with Crippen LogP contribution in [0.25, 0.3) is 22.5 Å². The summed E-state index contributed by atoms with van der Waals surface area (Å²) in [6.07, 6.45) is 3.89. The molecule has 0 radical (unpaired) electrons. The zero-order valence-corrected chi connectivity index (χ0v) is 34.7. The molecule has 3 aromatic carbocycles. The van der Waals surface area contributed by atoms with Crippen molar-refractivity contribution in [1.29, 1.82) is 0 Å². The number of nitrogens with one attached hydrogen (secondary N) is 1. The number of aromatic nitrogens is 4. The van der Waals surface area contributed by atoms with Gasteiger partial charge >= 0.3 is 0 Å². The summed E-state index contributed by atoms with van der Waals surface area (Å²) in [4.78, 5) is 27.6. The molecule has 4 heterocycles. The van der Waals surface area contributed by atoms with Gasteiger partial charge in [0.25, 0.3) is 0 Å². The van der Waals surface area contributed by atoms with Gasteiger partial charge in [-0.15, -0.1) is 0 Å². The molecule has 5 aromatic rings. The van der Waals surface area contributed by atoms with Gasteiger partial charge in [0.15, 0.2) is 0 Å². The highest BCUT2D eigenvalue weighted by atomic mass is 32.2. The fraction of sp³-hybridized carbons (Fsp3) is 0.395. The summed E-state index contributed by atoms with van der Waals surface area (Å²) in [6.45, 7) is 8.17. The monoisotopic (exact) mass is 818 g/mol. The van der Waals surface area contributed by atoms with Gasteiger partial charge in [0.2, 0.25) is 21.9 Å². The maximum atomic E-state index is 12.7. The number of likely N-dealkylation sites (N-methyl/N-ethyl adjacent to an activating group) is 2. The largest absolute Gasteiger partial charge is 0.494 e. The first-order valence-electron chi connectivity index (χ1n) is 20.4. The molecule has 9 rings (SSSR count). The maximum Gasteiger partial charge on any atom is 0.232 e. The molecule has 0 spiro atoms. The van der Waals surface area contributed by atoms with Crippen LogP contribution in [0.15, 0.2) is 66.7 Å². The molecule has 2 aromatic heterocycles. The lowest BCUT2D eigenvalue weighted by molar-refractivity contribution is 0.312. The Balaban J connectivity index is 0.000000180. The third-order valence-corrected chi connectivity index (χ3v) is 12.9. The van der Waals surface area contributed by atoms with E-state index in [-0.39, 0.29) is 11.7 Å². The molecule has 0 atom stereocenters. The molecule has 4 aliphatic rings. The Labute approximate surface area is 346 Å². The molecule has 2 aliphatic heterocycles. The van der Waals surface area contributed by atoms with Crippen molar-refractivity contribution in [2.24, 2.45) is 0 Å². The smallest absolute Gasteiger partial charge is 0.232 e. The second-order valence-corrected chi connectivity index (χ2v) is 17.6. The molecule has 0 amide bonds.